The summed E-state index contributed by atoms with van der Waals surface area (Å²) >= 11 is 1.25. The van der Waals surface area contributed by atoms with Crippen LogP contribution in [-0.4, -0.2) is 58.0 Å². The molecule has 3 aromatic rings. The topological polar surface area (TPSA) is 92.3 Å². The average molecular weight is 428 g/mol. The largest absolute Gasteiger partial charge is 0.489 e. The van der Waals surface area contributed by atoms with Crippen LogP contribution >= 0.6 is 11.3 Å². The Hall–Kier alpha value is -2.85. The summed E-state index contributed by atoms with van der Waals surface area (Å²) in [6, 6.07) is 4.26. The maximum Gasteiger partial charge on any atom is 0.282 e. The van der Waals surface area contributed by atoms with Gasteiger partial charge >= 0.3 is 0 Å². The van der Waals surface area contributed by atoms with E-state index in [9.17, 15) is 9.18 Å². The highest BCUT2D eigenvalue weighted by atomic mass is 32.1. The molecule has 0 unspecified atom stereocenters. The highest BCUT2D eigenvalue weighted by molar-refractivity contribution is 7.19. The van der Waals surface area contributed by atoms with Crippen molar-refractivity contribution in [3.8, 4) is 5.75 Å². The summed E-state index contributed by atoms with van der Waals surface area (Å²) in [7, 11) is 0. The van der Waals surface area contributed by atoms with Crippen LogP contribution in [0.2, 0.25) is 0 Å². The second kappa shape index (κ2) is 7.13. The maximum absolute atomic E-state index is 13.7. The number of rotatable bonds is 5. The van der Waals surface area contributed by atoms with Gasteiger partial charge in [-0.05, 0) is 26.0 Å². The number of anilines is 2. The molecule has 0 bridgehead atoms. The van der Waals surface area contributed by atoms with Gasteiger partial charge in [-0.3, -0.25) is 4.79 Å². The van der Waals surface area contributed by atoms with E-state index >= 15 is 0 Å². The third-order valence-corrected chi connectivity index (χ3v) is 6.23. The molecule has 10 heteroatoms. The van der Waals surface area contributed by atoms with Crippen LogP contribution in [0.3, 0.4) is 0 Å². The Balaban J connectivity index is 1.41. The van der Waals surface area contributed by atoms with Gasteiger partial charge in [-0.1, -0.05) is 11.3 Å². The molecule has 1 amide bonds. The second-order valence-corrected chi connectivity index (χ2v) is 9.07. The number of amides is 1. The van der Waals surface area contributed by atoms with Crippen molar-refractivity contribution in [1.29, 1.82) is 0 Å². The number of carbonyl (C=O) groups is 1. The van der Waals surface area contributed by atoms with Gasteiger partial charge in [0.25, 0.3) is 5.91 Å². The van der Waals surface area contributed by atoms with Crippen LogP contribution in [0.4, 0.5) is 15.9 Å². The SMILES string of the molecule is CC(C)Oc1cc(F)ccc1Nc1ncnc2sc(C(=O)N3CC4(CNC4)C3)nc12. The molecule has 0 aliphatic carbocycles. The highest BCUT2D eigenvalue weighted by Gasteiger charge is 2.49. The van der Waals surface area contributed by atoms with Crippen molar-refractivity contribution in [3.63, 3.8) is 0 Å². The molecule has 8 nitrogen and oxygen atoms in total. The van der Waals surface area contributed by atoms with Crippen molar-refractivity contribution in [2.24, 2.45) is 5.41 Å². The first-order valence-electron chi connectivity index (χ1n) is 9.77. The number of hydrogen-bond donors (Lipinski definition) is 2. The van der Waals surface area contributed by atoms with Crippen molar-refractivity contribution in [3.05, 3.63) is 35.4 Å². The normalized spacial score (nSPS) is 17.1. The van der Waals surface area contributed by atoms with E-state index in [1.54, 1.807) is 6.07 Å². The molecule has 2 fully saturated rings. The zero-order valence-corrected chi connectivity index (χ0v) is 17.4. The van der Waals surface area contributed by atoms with Crippen LogP contribution in [0.15, 0.2) is 24.5 Å². The van der Waals surface area contributed by atoms with Gasteiger partial charge in [-0.2, -0.15) is 0 Å². The summed E-state index contributed by atoms with van der Waals surface area (Å²) < 4.78 is 19.4. The van der Waals surface area contributed by atoms with Crippen LogP contribution in [0, 0.1) is 11.2 Å². The monoisotopic (exact) mass is 428 g/mol. The standard InChI is InChI=1S/C20H21FN6O2S/c1-11(2)29-14-5-12(21)3-4-13(14)25-16-15-17(24-10-23-16)30-18(26-15)19(28)27-8-20(9-27)6-22-7-20/h3-5,10-11,22H,6-9H2,1-2H3,(H,23,24,25). The molecular formula is C20H21FN6O2S. The lowest BCUT2D eigenvalue weighted by Crippen LogP contribution is -2.71. The van der Waals surface area contributed by atoms with E-state index < -0.39 is 0 Å². The molecule has 0 radical (unpaired) electrons. The lowest BCUT2D eigenvalue weighted by atomic mass is 9.74. The molecule has 5 rings (SSSR count). The molecule has 0 saturated carbocycles. The van der Waals surface area contributed by atoms with Crippen LogP contribution in [0.25, 0.3) is 10.3 Å². The number of ether oxygens (including phenoxy) is 1. The molecule has 2 aliphatic rings. The first-order chi connectivity index (χ1) is 14.4. The van der Waals surface area contributed by atoms with Crippen LogP contribution in [-0.2, 0) is 0 Å². The molecule has 156 valence electrons. The number of aromatic nitrogens is 3. The van der Waals surface area contributed by atoms with Gasteiger partial charge in [-0.25, -0.2) is 19.3 Å². The minimum absolute atomic E-state index is 0.0768. The third kappa shape index (κ3) is 3.35. The fourth-order valence-corrected chi connectivity index (χ4v) is 4.64. The Morgan fingerprint density at radius 1 is 1.33 bits per heavy atom. The number of halogens is 1. The van der Waals surface area contributed by atoms with E-state index in [-0.39, 0.29) is 23.2 Å². The first-order valence-corrected chi connectivity index (χ1v) is 10.6. The van der Waals surface area contributed by atoms with Gasteiger partial charge in [0, 0.05) is 37.7 Å². The van der Waals surface area contributed by atoms with Gasteiger partial charge in [0.15, 0.2) is 10.8 Å². The minimum Gasteiger partial charge on any atom is -0.489 e. The van der Waals surface area contributed by atoms with Crippen molar-refractivity contribution in [1.82, 2.24) is 25.2 Å². The maximum atomic E-state index is 13.7. The smallest absolute Gasteiger partial charge is 0.282 e. The predicted octanol–water partition coefficient (Wildman–Crippen LogP) is 2.80. The Morgan fingerprint density at radius 3 is 2.83 bits per heavy atom. The Bertz CT molecular complexity index is 1120. The molecule has 0 atom stereocenters. The van der Waals surface area contributed by atoms with Crippen molar-refractivity contribution in [2.45, 2.75) is 20.0 Å². The van der Waals surface area contributed by atoms with Gasteiger partial charge in [0.2, 0.25) is 0 Å². The molecular weight excluding hydrogens is 407 g/mol. The van der Waals surface area contributed by atoms with E-state index in [0.717, 1.165) is 26.2 Å². The third-order valence-electron chi connectivity index (χ3n) is 5.28. The van der Waals surface area contributed by atoms with Crippen molar-refractivity contribution >= 4 is 39.1 Å². The molecule has 2 aromatic heterocycles. The molecule has 1 spiro atoms. The lowest BCUT2D eigenvalue weighted by molar-refractivity contribution is -0.0248. The number of benzene rings is 1. The van der Waals surface area contributed by atoms with Gasteiger partial charge < -0.3 is 20.3 Å². The Morgan fingerprint density at radius 2 is 2.13 bits per heavy atom. The summed E-state index contributed by atoms with van der Waals surface area (Å²) in [6.45, 7) is 7.20. The number of thiazole rings is 1. The van der Waals surface area contributed by atoms with Crippen molar-refractivity contribution < 1.29 is 13.9 Å². The van der Waals surface area contributed by atoms with Crippen LogP contribution < -0.4 is 15.4 Å². The van der Waals surface area contributed by atoms with Gasteiger partial charge in [0.1, 0.15) is 28.2 Å². The fourth-order valence-electron chi connectivity index (χ4n) is 3.76. The average Bonchev–Trinajstić information content (AvgIpc) is 3.06. The second-order valence-electron chi connectivity index (χ2n) is 8.09. The number of nitrogens with one attached hydrogen (secondary N) is 2. The van der Waals surface area contributed by atoms with Crippen LogP contribution in [0.5, 0.6) is 5.75 Å². The minimum atomic E-state index is -0.389. The summed E-state index contributed by atoms with van der Waals surface area (Å²) in [6.07, 6.45) is 1.30. The van der Waals surface area contributed by atoms with Gasteiger partial charge in [-0.15, -0.1) is 0 Å². The zero-order valence-electron chi connectivity index (χ0n) is 16.6. The number of likely N-dealkylation sites (tertiary alicyclic amines) is 1. The quantitative estimate of drug-likeness (QED) is 0.646. The first kappa shape index (κ1) is 19.1. The summed E-state index contributed by atoms with van der Waals surface area (Å²) in [5.41, 5.74) is 1.33. The number of nitrogens with zero attached hydrogens (tertiary/aromatic N) is 4. The van der Waals surface area contributed by atoms with Crippen molar-refractivity contribution in [2.75, 3.05) is 31.5 Å². The van der Waals surface area contributed by atoms with E-state index in [1.165, 1.54) is 29.8 Å². The Kier molecular flexibility index (Phi) is 4.55. The van der Waals surface area contributed by atoms with E-state index in [2.05, 4.69) is 25.6 Å². The Labute approximate surface area is 176 Å². The number of fused-ring (bicyclic) bond motifs is 1. The summed E-state index contributed by atoms with van der Waals surface area (Å²) in [5.74, 6) is 0.355. The summed E-state index contributed by atoms with van der Waals surface area (Å²) in [4.78, 5) is 28.3. The lowest BCUT2D eigenvalue weighted by Gasteiger charge is -2.55. The highest BCUT2D eigenvalue weighted by Crippen LogP contribution is 2.37. The fraction of sp³-hybridized carbons (Fsp3) is 0.400. The molecule has 2 N–H and O–H groups in total. The van der Waals surface area contributed by atoms with E-state index in [0.29, 0.717) is 32.6 Å². The molecule has 4 heterocycles. The number of carbonyl (C=O) groups excluding carboxylic acids is 1. The van der Waals surface area contributed by atoms with E-state index in [1.807, 2.05) is 18.7 Å². The molecule has 1 aromatic carbocycles. The van der Waals surface area contributed by atoms with Gasteiger partial charge in [0.05, 0.1) is 11.8 Å². The summed E-state index contributed by atoms with van der Waals surface area (Å²) in [5, 5.41) is 6.82. The predicted molar refractivity (Wildman–Crippen MR) is 112 cm³/mol. The molecule has 2 aliphatic heterocycles. The zero-order chi connectivity index (χ0) is 20.9. The molecule has 2 saturated heterocycles. The molecule has 30 heavy (non-hydrogen) atoms. The van der Waals surface area contributed by atoms with Crippen LogP contribution in [0.1, 0.15) is 23.6 Å². The van der Waals surface area contributed by atoms with E-state index in [4.69, 9.17) is 4.74 Å². The number of hydrogen-bond acceptors (Lipinski definition) is 8.